The Morgan fingerprint density at radius 3 is 1.55 bits per heavy atom. The van der Waals surface area contributed by atoms with Crippen molar-refractivity contribution in [3.05, 3.63) is 12.4 Å². The zero-order valence-electron chi connectivity index (χ0n) is 13.5. The molecule has 0 aromatic carbocycles. The summed E-state index contributed by atoms with van der Waals surface area (Å²) in [7, 11) is 7.95. The lowest BCUT2D eigenvalue weighted by Gasteiger charge is -2.13. The molecule has 0 aliphatic rings. The second kappa shape index (κ2) is 7.81. The average Bonchev–Trinajstić information content (AvgIpc) is 2.48. The molecular weight excluding hydrogens is 284 g/mol. The fourth-order valence-electron chi connectivity index (χ4n) is 1.72. The first-order valence-electron chi connectivity index (χ1n) is 7.10. The fourth-order valence-corrected chi connectivity index (χ4v) is 1.72. The Balaban J connectivity index is 2.15. The van der Waals surface area contributed by atoms with E-state index in [1.54, 1.807) is 12.4 Å². The summed E-state index contributed by atoms with van der Waals surface area (Å²) in [6.07, 6.45) is 3.24. The number of nitrogens with zero attached hydrogens (tertiary/aromatic N) is 6. The zero-order valence-corrected chi connectivity index (χ0v) is 13.5. The van der Waals surface area contributed by atoms with Gasteiger partial charge in [0.2, 0.25) is 11.8 Å². The first kappa shape index (κ1) is 16.3. The van der Waals surface area contributed by atoms with Gasteiger partial charge in [-0.15, -0.1) is 10.2 Å². The van der Waals surface area contributed by atoms with Gasteiger partial charge in [-0.2, -0.15) is 10.2 Å². The fraction of sp³-hybridized carbons (Fsp3) is 0.571. The minimum absolute atomic E-state index is 0.451. The Morgan fingerprint density at radius 1 is 0.773 bits per heavy atom. The number of ether oxygens (including phenoxy) is 2. The van der Waals surface area contributed by atoms with Gasteiger partial charge in [0.05, 0.1) is 23.2 Å². The summed E-state index contributed by atoms with van der Waals surface area (Å²) in [5.74, 6) is 0.901. The van der Waals surface area contributed by atoms with E-state index in [1.807, 2.05) is 38.0 Å². The Morgan fingerprint density at radius 2 is 1.18 bits per heavy atom. The summed E-state index contributed by atoms with van der Waals surface area (Å²) >= 11 is 0. The van der Waals surface area contributed by atoms with Crippen molar-refractivity contribution in [3.63, 3.8) is 0 Å². The second-order valence-electron chi connectivity index (χ2n) is 5.43. The third-order valence-corrected chi connectivity index (χ3v) is 2.98. The van der Waals surface area contributed by atoms with Crippen molar-refractivity contribution in [2.75, 3.05) is 54.5 Å². The highest BCUT2D eigenvalue weighted by atomic mass is 16.5. The van der Waals surface area contributed by atoms with Crippen molar-refractivity contribution in [2.24, 2.45) is 0 Å². The van der Waals surface area contributed by atoms with Crippen molar-refractivity contribution in [1.29, 1.82) is 0 Å². The van der Waals surface area contributed by atoms with Crippen LogP contribution in [0.4, 0.5) is 0 Å². The quantitative estimate of drug-likeness (QED) is 0.689. The standard InChI is InChI=1S/C14H22N6O2/c1-19(2)5-7-21-13-11-9-15-16-10-12(11)14(18-17-13)22-8-6-20(3)4/h9-10H,5-8H2,1-4H3. The third kappa shape index (κ3) is 4.47. The maximum Gasteiger partial charge on any atom is 0.243 e. The van der Waals surface area contributed by atoms with Crippen molar-refractivity contribution in [2.45, 2.75) is 0 Å². The molecule has 2 heterocycles. The van der Waals surface area contributed by atoms with Gasteiger partial charge in [-0.3, -0.25) is 0 Å². The van der Waals surface area contributed by atoms with Crippen LogP contribution in [0.2, 0.25) is 0 Å². The number of aromatic nitrogens is 4. The smallest absolute Gasteiger partial charge is 0.243 e. The van der Waals surface area contributed by atoms with E-state index in [-0.39, 0.29) is 0 Å². The summed E-state index contributed by atoms with van der Waals surface area (Å²) in [6.45, 7) is 2.64. The van der Waals surface area contributed by atoms with E-state index in [0.29, 0.717) is 25.0 Å². The minimum Gasteiger partial charge on any atom is -0.475 e. The normalized spacial score (nSPS) is 11.4. The van der Waals surface area contributed by atoms with Crippen LogP contribution in [0.5, 0.6) is 11.8 Å². The molecule has 120 valence electrons. The molecule has 22 heavy (non-hydrogen) atoms. The summed E-state index contributed by atoms with van der Waals surface area (Å²) < 4.78 is 11.4. The van der Waals surface area contributed by atoms with Gasteiger partial charge in [0.1, 0.15) is 13.2 Å². The van der Waals surface area contributed by atoms with E-state index in [2.05, 4.69) is 20.4 Å². The van der Waals surface area contributed by atoms with Crippen LogP contribution in [-0.4, -0.2) is 84.7 Å². The van der Waals surface area contributed by atoms with Crippen LogP contribution in [0.3, 0.4) is 0 Å². The molecule has 0 amide bonds. The molecule has 8 heteroatoms. The minimum atomic E-state index is 0.451. The molecule has 2 aromatic heterocycles. The van der Waals surface area contributed by atoms with Crippen LogP contribution in [-0.2, 0) is 0 Å². The van der Waals surface area contributed by atoms with Crippen LogP contribution < -0.4 is 9.47 Å². The Kier molecular flexibility index (Phi) is 5.79. The molecule has 0 saturated carbocycles. The zero-order chi connectivity index (χ0) is 15.9. The first-order valence-corrected chi connectivity index (χ1v) is 7.10. The number of likely N-dealkylation sites (N-methyl/N-ethyl adjacent to an activating group) is 2. The van der Waals surface area contributed by atoms with Crippen molar-refractivity contribution < 1.29 is 9.47 Å². The highest BCUT2D eigenvalue weighted by Crippen LogP contribution is 2.27. The van der Waals surface area contributed by atoms with Crippen LogP contribution in [0.1, 0.15) is 0 Å². The Hall–Kier alpha value is -2.06. The van der Waals surface area contributed by atoms with Crippen molar-refractivity contribution >= 4 is 10.8 Å². The highest BCUT2D eigenvalue weighted by molar-refractivity contribution is 5.88. The molecule has 0 radical (unpaired) electrons. The van der Waals surface area contributed by atoms with Gasteiger partial charge in [-0.05, 0) is 28.2 Å². The summed E-state index contributed by atoms with van der Waals surface area (Å²) in [6, 6.07) is 0. The molecule has 0 spiro atoms. The maximum absolute atomic E-state index is 5.68. The lowest BCUT2D eigenvalue weighted by atomic mass is 10.3. The second-order valence-corrected chi connectivity index (χ2v) is 5.43. The number of hydrogen-bond donors (Lipinski definition) is 0. The maximum atomic E-state index is 5.68. The molecule has 0 aliphatic heterocycles. The Labute approximate surface area is 130 Å². The van der Waals surface area contributed by atoms with Crippen LogP contribution >= 0.6 is 0 Å². The molecular formula is C14H22N6O2. The molecule has 0 N–H and O–H groups in total. The highest BCUT2D eigenvalue weighted by Gasteiger charge is 2.12. The van der Waals surface area contributed by atoms with Crippen LogP contribution in [0.25, 0.3) is 10.8 Å². The van der Waals surface area contributed by atoms with Crippen LogP contribution in [0, 0.1) is 0 Å². The summed E-state index contributed by atoms with van der Waals surface area (Å²) in [5, 5.41) is 17.5. The number of fused-ring (bicyclic) bond motifs is 1. The average molecular weight is 306 g/mol. The van der Waals surface area contributed by atoms with Gasteiger partial charge in [-0.25, -0.2) is 0 Å². The van der Waals surface area contributed by atoms with E-state index in [0.717, 1.165) is 23.9 Å². The molecule has 0 unspecified atom stereocenters. The molecule has 0 saturated heterocycles. The van der Waals surface area contributed by atoms with Crippen molar-refractivity contribution in [1.82, 2.24) is 30.2 Å². The summed E-state index contributed by atoms with van der Waals surface area (Å²) in [5.41, 5.74) is 0. The van der Waals surface area contributed by atoms with Crippen molar-refractivity contribution in [3.8, 4) is 11.8 Å². The van der Waals surface area contributed by atoms with Crippen LogP contribution in [0.15, 0.2) is 12.4 Å². The number of hydrogen-bond acceptors (Lipinski definition) is 8. The predicted molar refractivity (Wildman–Crippen MR) is 83.2 cm³/mol. The van der Waals surface area contributed by atoms with E-state index < -0.39 is 0 Å². The monoisotopic (exact) mass is 306 g/mol. The molecule has 2 aromatic rings. The molecule has 2 rings (SSSR count). The third-order valence-electron chi connectivity index (χ3n) is 2.98. The molecule has 0 fully saturated rings. The number of rotatable bonds is 8. The first-order chi connectivity index (χ1) is 10.6. The topological polar surface area (TPSA) is 76.5 Å². The van der Waals surface area contributed by atoms with Gasteiger partial charge in [0.15, 0.2) is 0 Å². The van der Waals surface area contributed by atoms with E-state index in [9.17, 15) is 0 Å². The van der Waals surface area contributed by atoms with E-state index in [1.165, 1.54) is 0 Å². The van der Waals surface area contributed by atoms with Gasteiger partial charge < -0.3 is 19.3 Å². The van der Waals surface area contributed by atoms with Gasteiger partial charge >= 0.3 is 0 Å². The molecule has 0 aliphatic carbocycles. The van der Waals surface area contributed by atoms with Gasteiger partial charge in [0, 0.05) is 13.1 Å². The molecule has 8 nitrogen and oxygen atoms in total. The summed E-state index contributed by atoms with van der Waals surface area (Å²) in [4.78, 5) is 4.07. The predicted octanol–water partition coefficient (Wildman–Crippen LogP) is 0.301. The lowest BCUT2D eigenvalue weighted by molar-refractivity contribution is 0.244. The van der Waals surface area contributed by atoms with E-state index in [4.69, 9.17) is 9.47 Å². The molecule has 0 atom stereocenters. The van der Waals surface area contributed by atoms with Gasteiger partial charge in [-0.1, -0.05) is 0 Å². The largest absolute Gasteiger partial charge is 0.475 e. The Bertz CT molecular complexity index is 552. The SMILES string of the molecule is CN(C)CCOc1nnc(OCCN(C)C)c2cnncc12. The lowest BCUT2D eigenvalue weighted by Crippen LogP contribution is -2.20. The van der Waals surface area contributed by atoms with Gasteiger partial charge in [0.25, 0.3) is 0 Å². The van der Waals surface area contributed by atoms with E-state index >= 15 is 0 Å². The molecule has 0 bridgehead atoms.